The van der Waals surface area contributed by atoms with Gasteiger partial charge in [-0.1, -0.05) is 54.6 Å². The Labute approximate surface area is 193 Å². The summed E-state index contributed by atoms with van der Waals surface area (Å²) in [7, 11) is 0. The maximum Gasteiger partial charge on any atom is 0.303 e. The van der Waals surface area contributed by atoms with Crippen molar-refractivity contribution >= 4 is 5.97 Å². The summed E-state index contributed by atoms with van der Waals surface area (Å²) in [6.45, 7) is 0. The first-order valence-electron chi connectivity index (χ1n) is 11.5. The van der Waals surface area contributed by atoms with Crippen molar-refractivity contribution in [2.75, 3.05) is 0 Å². The highest BCUT2D eigenvalue weighted by Crippen LogP contribution is 2.37. The molecule has 2 heterocycles. The van der Waals surface area contributed by atoms with Gasteiger partial charge in [0.1, 0.15) is 5.82 Å². The molecule has 0 amide bonds. The number of hydrogen-bond donors (Lipinski definition) is 2. The number of rotatable bonds is 6. The van der Waals surface area contributed by atoms with Gasteiger partial charge in [0, 0.05) is 23.7 Å². The molecule has 0 aliphatic heterocycles. The molecule has 5 rings (SSSR count). The Morgan fingerprint density at radius 1 is 0.818 bits per heavy atom. The number of carbonyl (C=O) groups is 1. The summed E-state index contributed by atoms with van der Waals surface area (Å²) in [5.41, 5.74) is 6.42. The monoisotopic (exact) mass is 437 g/mol. The zero-order valence-corrected chi connectivity index (χ0v) is 18.4. The first-order chi connectivity index (χ1) is 16.2. The van der Waals surface area contributed by atoms with Crippen molar-refractivity contribution in [2.24, 2.45) is 5.92 Å². The van der Waals surface area contributed by atoms with Gasteiger partial charge >= 0.3 is 5.97 Å². The van der Waals surface area contributed by atoms with Crippen molar-refractivity contribution in [3.63, 3.8) is 0 Å². The molecule has 4 aromatic rings. The molecule has 0 spiro atoms. The maximum atomic E-state index is 10.9. The number of hydrogen-bond acceptors (Lipinski definition) is 3. The van der Waals surface area contributed by atoms with Crippen molar-refractivity contribution in [2.45, 2.75) is 38.0 Å². The number of aromatic amines is 1. The molecule has 0 radical (unpaired) electrons. The smallest absolute Gasteiger partial charge is 0.303 e. The van der Waals surface area contributed by atoms with E-state index in [-0.39, 0.29) is 0 Å². The highest BCUT2D eigenvalue weighted by Gasteiger charge is 2.24. The van der Waals surface area contributed by atoms with Crippen LogP contribution in [-0.2, 0) is 4.79 Å². The third kappa shape index (κ3) is 4.87. The van der Waals surface area contributed by atoms with Crippen molar-refractivity contribution in [3.8, 4) is 33.9 Å². The minimum absolute atomic E-state index is 0.304. The Morgan fingerprint density at radius 2 is 1.55 bits per heavy atom. The van der Waals surface area contributed by atoms with Crippen molar-refractivity contribution < 1.29 is 9.90 Å². The van der Waals surface area contributed by atoms with Gasteiger partial charge in [0.25, 0.3) is 0 Å². The molecule has 2 aromatic carbocycles. The largest absolute Gasteiger partial charge is 0.481 e. The maximum absolute atomic E-state index is 10.9. The average molecular weight is 438 g/mol. The molecule has 0 saturated heterocycles. The van der Waals surface area contributed by atoms with E-state index in [1.165, 1.54) is 5.56 Å². The van der Waals surface area contributed by atoms with Crippen LogP contribution in [0.1, 0.15) is 43.6 Å². The Kier molecular flexibility index (Phi) is 6.03. The number of nitrogens with one attached hydrogen (secondary N) is 1. The number of benzene rings is 2. The van der Waals surface area contributed by atoms with Crippen LogP contribution in [0.3, 0.4) is 0 Å². The van der Waals surface area contributed by atoms with Gasteiger partial charge in [-0.15, -0.1) is 0 Å². The van der Waals surface area contributed by atoms with E-state index in [0.29, 0.717) is 18.3 Å². The second-order valence-corrected chi connectivity index (χ2v) is 8.88. The molecule has 0 unspecified atom stereocenters. The number of aromatic nitrogens is 3. The molecule has 1 saturated carbocycles. The molecule has 1 fully saturated rings. The molecule has 166 valence electrons. The predicted octanol–water partition coefficient (Wildman–Crippen LogP) is 6.55. The van der Waals surface area contributed by atoms with E-state index in [4.69, 9.17) is 5.11 Å². The second-order valence-electron chi connectivity index (χ2n) is 8.88. The first-order valence-corrected chi connectivity index (χ1v) is 11.5. The molecule has 5 heteroatoms. The molecule has 1 aliphatic rings. The van der Waals surface area contributed by atoms with Gasteiger partial charge in [-0.3, -0.25) is 9.78 Å². The van der Waals surface area contributed by atoms with E-state index < -0.39 is 5.97 Å². The lowest BCUT2D eigenvalue weighted by Crippen LogP contribution is -2.16. The molecule has 1 aliphatic carbocycles. The minimum atomic E-state index is -0.676. The third-order valence-corrected chi connectivity index (χ3v) is 6.69. The Morgan fingerprint density at radius 3 is 2.21 bits per heavy atom. The lowest BCUT2D eigenvalue weighted by molar-refractivity contribution is -0.138. The standard InChI is InChI=1S/C28H27N3O2/c32-27(33)16-19-6-8-20(9-7-19)21-10-12-23(13-11-21)25-15-14-24(17-29-25)28-30-18-26(31-28)22-4-2-1-3-5-22/h1-5,10-15,17-20H,6-9,16H2,(H,30,31)(H,32,33). The molecule has 0 atom stereocenters. The highest BCUT2D eigenvalue weighted by molar-refractivity contribution is 5.67. The van der Waals surface area contributed by atoms with E-state index in [9.17, 15) is 4.79 Å². The van der Waals surface area contributed by atoms with Gasteiger partial charge in [-0.05, 0) is 60.8 Å². The van der Waals surface area contributed by atoms with E-state index in [1.54, 1.807) is 0 Å². The number of H-pyrrole nitrogens is 1. The summed E-state index contributed by atoms with van der Waals surface area (Å²) in [5.74, 6) is 0.989. The zero-order valence-electron chi connectivity index (χ0n) is 18.4. The Balaban J connectivity index is 1.25. The summed E-state index contributed by atoms with van der Waals surface area (Å²) in [5, 5.41) is 9.01. The fourth-order valence-corrected chi connectivity index (χ4v) is 4.81. The van der Waals surface area contributed by atoms with Crippen molar-refractivity contribution in [1.82, 2.24) is 15.0 Å². The topological polar surface area (TPSA) is 78.9 Å². The van der Waals surface area contributed by atoms with Gasteiger partial charge < -0.3 is 10.1 Å². The number of carboxylic acid groups (broad SMARTS) is 1. The Hall–Kier alpha value is -3.73. The lowest BCUT2D eigenvalue weighted by Gasteiger charge is -2.28. The van der Waals surface area contributed by atoms with E-state index in [2.05, 4.69) is 51.4 Å². The molecule has 2 aromatic heterocycles. The number of carboxylic acids is 1. The highest BCUT2D eigenvalue weighted by atomic mass is 16.4. The van der Waals surface area contributed by atoms with Crippen LogP contribution >= 0.6 is 0 Å². The zero-order chi connectivity index (χ0) is 22.6. The van der Waals surface area contributed by atoms with Crippen molar-refractivity contribution in [3.05, 3.63) is 84.7 Å². The van der Waals surface area contributed by atoms with Crippen LogP contribution in [0.25, 0.3) is 33.9 Å². The molecule has 2 N–H and O–H groups in total. The molecule has 0 bridgehead atoms. The molecular weight excluding hydrogens is 410 g/mol. The lowest BCUT2D eigenvalue weighted by atomic mass is 9.77. The van der Waals surface area contributed by atoms with Gasteiger partial charge in [-0.25, -0.2) is 4.98 Å². The number of nitrogens with zero attached hydrogens (tertiary/aromatic N) is 2. The summed E-state index contributed by atoms with van der Waals surface area (Å²) < 4.78 is 0. The quantitative estimate of drug-likeness (QED) is 0.358. The first kappa shape index (κ1) is 21.1. The van der Waals surface area contributed by atoms with Gasteiger partial charge in [-0.2, -0.15) is 0 Å². The number of pyridine rings is 1. The second kappa shape index (κ2) is 9.41. The minimum Gasteiger partial charge on any atom is -0.481 e. The van der Waals surface area contributed by atoms with Crippen molar-refractivity contribution in [1.29, 1.82) is 0 Å². The van der Waals surface area contributed by atoms with Crippen LogP contribution in [0.2, 0.25) is 0 Å². The molecule has 33 heavy (non-hydrogen) atoms. The number of imidazole rings is 1. The van der Waals surface area contributed by atoms with Crippen LogP contribution in [0, 0.1) is 5.92 Å². The summed E-state index contributed by atoms with van der Waals surface area (Å²) >= 11 is 0. The van der Waals surface area contributed by atoms with Gasteiger partial charge in [0.15, 0.2) is 0 Å². The summed E-state index contributed by atoms with van der Waals surface area (Å²) in [4.78, 5) is 23.5. The normalized spacial score (nSPS) is 18.2. The van der Waals surface area contributed by atoms with Crippen LogP contribution in [0.5, 0.6) is 0 Å². The Bertz CT molecular complexity index is 1210. The fourth-order valence-electron chi connectivity index (χ4n) is 4.81. The van der Waals surface area contributed by atoms with Gasteiger partial charge in [0.2, 0.25) is 0 Å². The van der Waals surface area contributed by atoms with Crippen LogP contribution in [0.4, 0.5) is 0 Å². The molecule has 5 nitrogen and oxygen atoms in total. The third-order valence-electron chi connectivity index (χ3n) is 6.69. The van der Waals surface area contributed by atoms with E-state index >= 15 is 0 Å². The fraction of sp³-hybridized carbons (Fsp3) is 0.250. The van der Waals surface area contributed by atoms with E-state index in [0.717, 1.165) is 59.6 Å². The van der Waals surface area contributed by atoms with Crippen LogP contribution in [0.15, 0.2) is 79.1 Å². The summed E-state index contributed by atoms with van der Waals surface area (Å²) in [6.07, 6.45) is 8.16. The van der Waals surface area contributed by atoms with Gasteiger partial charge in [0.05, 0.1) is 17.6 Å². The summed E-state index contributed by atoms with van der Waals surface area (Å²) in [6, 6.07) is 22.9. The number of aliphatic carboxylic acids is 1. The van der Waals surface area contributed by atoms with E-state index in [1.807, 2.05) is 42.7 Å². The average Bonchev–Trinajstić information content (AvgIpc) is 3.36. The van der Waals surface area contributed by atoms with Crippen LogP contribution < -0.4 is 0 Å². The molecular formula is C28H27N3O2. The predicted molar refractivity (Wildman–Crippen MR) is 130 cm³/mol. The SMILES string of the molecule is O=C(O)CC1CCC(c2ccc(-c3ccc(-c4ncc(-c5ccccc5)[nH]4)cn3)cc2)CC1. The van der Waals surface area contributed by atoms with Crippen LogP contribution in [-0.4, -0.2) is 26.0 Å².